The van der Waals surface area contributed by atoms with E-state index >= 15 is 0 Å². The quantitative estimate of drug-likeness (QED) is 0.706. The number of carbonyl (C=O) groups excluding carboxylic acids is 1. The molecule has 0 fully saturated rings. The Hall–Kier alpha value is -2.86. The van der Waals surface area contributed by atoms with E-state index in [1.165, 1.54) is 24.3 Å². The molecule has 0 saturated heterocycles. The van der Waals surface area contributed by atoms with Gasteiger partial charge in [-0.3, -0.25) is 4.72 Å². The van der Waals surface area contributed by atoms with Gasteiger partial charge in [-0.1, -0.05) is 36.4 Å². The van der Waals surface area contributed by atoms with Crippen molar-refractivity contribution in [1.82, 2.24) is 0 Å². The molecular formula is C19H17NO4S. The average molecular weight is 355 g/mol. The summed E-state index contributed by atoms with van der Waals surface area (Å²) in [6.45, 7) is 2.01. The summed E-state index contributed by atoms with van der Waals surface area (Å²) in [5.41, 5.74) is 0.746. The molecule has 5 nitrogen and oxygen atoms in total. The van der Waals surface area contributed by atoms with Crippen LogP contribution in [0.15, 0.2) is 71.6 Å². The van der Waals surface area contributed by atoms with Crippen LogP contribution in [0.5, 0.6) is 0 Å². The average Bonchev–Trinajstić information content (AvgIpc) is 2.61. The van der Waals surface area contributed by atoms with Gasteiger partial charge in [-0.2, -0.15) is 0 Å². The second kappa shape index (κ2) is 6.94. The van der Waals surface area contributed by atoms with E-state index in [0.29, 0.717) is 16.6 Å². The molecule has 1 N–H and O–H groups in total. The standard InChI is InChI=1S/C19H17NO4S/c1-2-24-19(21)15-10-12-16(13-11-15)20-25(22,23)18-9-5-7-14-6-3-4-8-17(14)18/h3-13,20H,2H2,1H3. The fourth-order valence-corrected chi connectivity index (χ4v) is 3.82. The molecule has 0 radical (unpaired) electrons. The van der Waals surface area contributed by atoms with Gasteiger partial charge in [0.25, 0.3) is 10.0 Å². The maximum Gasteiger partial charge on any atom is 0.338 e. The molecule has 128 valence electrons. The molecule has 0 heterocycles. The number of anilines is 1. The van der Waals surface area contributed by atoms with Gasteiger partial charge in [0, 0.05) is 11.1 Å². The molecule has 0 aliphatic rings. The first-order valence-electron chi connectivity index (χ1n) is 7.79. The van der Waals surface area contributed by atoms with Crippen LogP contribution in [0.1, 0.15) is 17.3 Å². The van der Waals surface area contributed by atoms with Gasteiger partial charge in [0.1, 0.15) is 0 Å². The normalized spacial score (nSPS) is 11.2. The van der Waals surface area contributed by atoms with Gasteiger partial charge in [-0.15, -0.1) is 0 Å². The lowest BCUT2D eigenvalue weighted by Gasteiger charge is -2.11. The molecule has 0 aliphatic heterocycles. The van der Waals surface area contributed by atoms with Crippen molar-refractivity contribution in [2.45, 2.75) is 11.8 Å². The van der Waals surface area contributed by atoms with Crippen molar-refractivity contribution in [3.05, 3.63) is 72.3 Å². The van der Waals surface area contributed by atoms with Gasteiger partial charge in [-0.05, 0) is 42.6 Å². The lowest BCUT2D eigenvalue weighted by atomic mass is 10.1. The zero-order chi connectivity index (χ0) is 17.9. The van der Waals surface area contributed by atoms with Gasteiger partial charge in [-0.25, -0.2) is 13.2 Å². The fourth-order valence-electron chi connectivity index (χ4n) is 2.53. The van der Waals surface area contributed by atoms with Crippen molar-refractivity contribution < 1.29 is 17.9 Å². The van der Waals surface area contributed by atoms with E-state index in [1.807, 2.05) is 18.2 Å². The molecule has 0 bridgehead atoms. The van der Waals surface area contributed by atoms with Crippen LogP contribution in [-0.2, 0) is 14.8 Å². The highest BCUT2D eigenvalue weighted by Gasteiger charge is 2.17. The van der Waals surface area contributed by atoms with E-state index in [2.05, 4.69) is 4.72 Å². The summed E-state index contributed by atoms with van der Waals surface area (Å²) in [7, 11) is -3.75. The summed E-state index contributed by atoms with van der Waals surface area (Å²) in [6, 6.07) is 18.6. The number of esters is 1. The number of sulfonamides is 1. The van der Waals surface area contributed by atoms with Crippen molar-refractivity contribution in [3.63, 3.8) is 0 Å². The van der Waals surface area contributed by atoms with Crippen LogP contribution in [0.2, 0.25) is 0 Å². The minimum atomic E-state index is -3.75. The third-order valence-electron chi connectivity index (χ3n) is 3.69. The van der Waals surface area contributed by atoms with Gasteiger partial charge in [0.05, 0.1) is 17.1 Å². The largest absolute Gasteiger partial charge is 0.462 e. The lowest BCUT2D eigenvalue weighted by Crippen LogP contribution is -2.13. The molecule has 0 aliphatic carbocycles. The monoisotopic (exact) mass is 355 g/mol. The lowest BCUT2D eigenvalue weighted by molar-refractivity contribution is 0.0526. The summed E-state index contributed by atoms with van der Waals surface area (Å²) in [4.78, 5) is 11.9. The van der Waals surface area contributed by atoms with E-state index in [0.717, 1.165) is 5.39 Å². The number of rotatable bonds is 5. The summed E-state index contributed by atoms with van der Waals surface area (Å²) in [6.07, 6.45) is 0. The highest BCUT2D eigenvalue weighted by molar-refractivity contribution is 7.93. The second-order valence-corrected chi connectivity index (χ2v) is 7.03. The third-order valence-corrected chi connectivity index (χ3v) is 5.13. The molecule has 0 atom stereocenters. The van der Waals surface area contributed by atoms with E-state index in [1.54, 1.807) is 31.2 Å². The molecule has 0 spiro atoms. The first-order valence-corrected chi connectivity index (χ1v) is 9.27. The highest BCUT2D eigenvalue weighted by Crippen LogP contribution is 2.25. The SMILES string of the molecule is CCOC(=O)c1ccc(NS(=O)(=O)c2cccc3ccccc23)cc1. The van der Waals surface area contributed by atoms with Gasteiger partial charge < -0.3 is 4.74 Å². The molecule has 25 heavy (non-hydrogen) atoms. The Labute approximate surface area is 146 Å². The molecule has 0 aromatic heterocycles. The second-order valence-electron chi connectivity index (χ2n) is 5.38. The van der Waals surface area contributed by atoms with Gasteiger partial charge in [0.2, 0.25) is 0 Å². The first kappa shape index (κ1) is 17.0. The van der Waals surface area contributed by atoms with Crippen LogP contribution in [0.3, 0.4) is 0 Å². The highest BCUT2D eigenvalue weighted by atomic mass is 32.2. The van der Waals surface area contributed by atoms with Crippen LogP contribution in [0, 0.1) is 0 Å². The molecular weight excluding hydrogens is 338 g/mol. The summed E-state index contributed by atoms with van der Waals surface area (Å²) < 4.78 is 32.9. The minimum absolute atomic E-state index is 0.208. The number of benzene rings is 3. The number of hydrogen-bond donors (Lipinski definition) is 1. The molecule has 3 aromatic carbocycles. The smallest absolute Gasteiger partial charge is 0.338 e. The fraction of sp³-hybridized carbons (Fsp3) is 0.105. The Balaban J connectivity index is 1.90. The maximum atomic E-state index is 12.7. The third kappa shape index (κ3) is 3.64. The van der Waals surface area contributed by atoms with E-state index in [4.69, 9.17) is 4.74 Å². The van der Waals surface area contributed by atoms with Crippen LogP contribution in [0.25, 0.3) is 10.8 Å². The number of fused-ring (bicyclic) bond motifs is 1. The first-order chi connectivity index (χ1) is 12.0. The van der Waals surface area contributed by atoms with E-state index < -0.39 is 16.0 Å². The Kier molecular flexibility index (Phi) is 4.72. The Morgan fingerprint density at radius 3 is 2.36 bits per heavy atom. The predicted octanol–water partition coefficient (Wildman–Crippen LogP) is 3.82. The number of ether oxygens (including phenoxy) is 1. The molecule has 6 heteroatoms. The van der Waals surface area contributed by atoms with Crippen LogP contribution < -0.4 is 4.72 Å². The van der Waals surface area contributed by atoms with Crippen molar-refractivity contribution in [2.24, 2.45) is 0 Å². The van der Waals surface area contributed by atoms with Crippen LogP contribution >= 0.6 is 0 Å². The predicted molar refractivity (Wildman–Crippen MR) is 97.2 cm³/mol. The van der Waals surface area contributed by atoms with Crippen molar-refractivity contribution in [2.75, 3.05) is 11.3 Å². The van der Waals surface area contributed by atoms with Crippen molar-refractivity contribution in [3.8, 4) is 0 Å². The van der Waals surface area contributed by atoms with Gasteiger partial charge >= 0.3 is 5.97 Å². The van der Waals surface area contributed by atoms with Crippen LogP contribution in [-0.4, -0.2) is 21.0 Å². The van der Waals surface area contributed by atoms with Crippen molar-refractivity contribution >= 4 is 32.5 Å². The Morgan fingerprint density at radius 2 is 1.64 bits per heavy atom. The summed E-state index contributed by atoms with van der Waals surface area (Å²) in [5, 5.41) is 1.50. The zero-order valence-electron chi connectivity index (χ0n) is 13.6. The van der Waals surface area contributed by atoms with Gasteiger partial charge in [0.15, 0.2) is 0 Å². The molecule has 0 amide bonds. The molecule has 3 aromatic rings. The summed E-state index contributed by atoms with van der Waals surface area (Å²) in [5.74, 6) is -0.439. The Bertz CT molecular complexity index is 1010. The van der Waals surface area contributed by atoms with Crippen molar-refractivity contribution in [1.29, 1.82) is 0 Å². The minimum Gasteiger partial charge on any atom is -0.462 e. The molecule has 3 rings (SSSR count). The van der Waals surface area contributed by atoms with Crippen LogP contribution in [0.4, 0.5) is 5.69 Å². The summed E-state index contributed by atoms with van der Waals surface area (Å²) >= 11 is 0. The number of hydrogen-bond acceptors (Lipinski definition) is 4. The number of nitrogens with one attached hydrogen (secondary N) is 1. The maximum absolute atomic E-state index is 12.7. The van der Waals surface area contributed by atoms with E-state index in [-0.39, 0.29) is 11.5 Å². The Morgan fingerprint density at radius 1 is 0.960 bits per heavy atom. The van der Waals surface area contributed by atoms with E-state index in [9.17, 15) is 13.2 Å². The topological polar surface area (TPSA) is 72.5 Å². The zero-order valence-corrected chi connectivity index (χ0v) is 14.4. The molecule has 0 saturated carbocycles. The molecule has 0 unspecified atom stereocenters. The number of carbonyl (C=O) groups is 1.